The molecule has 2 aliphatic rings. The summed E-state index contributed by atoms with van der Waals surface area (Å²) in [6.45, 7) is 2.54. The molecule has 2 unspecified atom stereocenters. The monoisotopic (exact) mass is 356 g/mol. The molecule has 1 aromatic heterocycles. The molecule has 1 aromatic rings. The van der Waals surface area contributed by atoms with E-state index in [4.69, 9.17) is 10.7 Å². The van der Waals surface area contributed by atoms with E-state index in [1.165, 1.54) is 19.0 Å². The molecule has 1 saturated carbocycles. The molecular formula is C19H28N6O. The molecule has 0 spiro atoms. The van der Waals surface area contributed by atoms with Crippen LogP contribution >= 0.6 is 0 Å². The van der Waals surface area contributed by atoms with Gasteiger partial charge in [-0.25, -0.2) is 4.98 Å². The molecule has 0 radical (unpaired) electrons. The third kappa shape index (κ3) is 3.31. The number of allylic oxidation sites excluding steroid dienone is 1. The van der Waals surface area contributed by atoms with Crippen LogP contribution < -0.4 is 21.7 Å². The van der Waals surface area contributed by atoms with Crippen molar-refractivity contribution >= 4 is 23.5 Å². The molecule has 2 atom stereocenters. The summed E-state index contributed by atoms with van der Waals surface area (Å²) < 4.78 is 0. The van der Waals surface area contributed by atoms with Gasteiger partial charge in [0.25, 0.3) is 5.91 Å². The number of carbonyl (C=O) groups excluding carboxylic acids is 1. The highest BCUT2D eigenvalue weighted by molar-refractivity contribution is 6.14. The van der Waals surface area contributed by atoms with Gasteiger partial charge in [-0.3, -0.25) is 9.79 Å². The van der Waals surface area contributed by atoms with E-state index < -0.39 is 0 Å². The smallest absolute Gasteiger partial charge is 0.254 e. The Kier molecular flexibility index (Phi) is 5.56. The van der Waals surface area contributed by atoms with Crippen LogP contribution in [-0.2, 0) is 6.54 Å². The fourth-order valence-corrected chi connectivity index (χ4v) is 3.94. The second-order valence-electron chi connectivity index (χ2n) is 6.91. The molecule has 0 aromatic carbocycles. The molecule has 26 heavy (non-hydrogen) atoms. The third-order valence-electron chi connectivity index (χ3n) is 5.40. The number of carbonyl (C=O) groups is 1. The Hall–Kier alpha value is -2.41. The maximum atomic E-state index is 12.4. The molecule has 0 bridgehead atoms. The lowest BCUT2D eigenvalue weighted by Crippen LogP contribution is -2.45. The molecule has 7 heteroatoms. The second kappa shape index (κ2) is 7.86. The number of aliphatic imine (C=N–C) groups is 1. The van der Waals surface area contributed by atoms with Crippen molar-refractivity contribution in [2.75, 3.05) is 19.4 Å². The first kappa shape index (κ1) is 18.4. The molecule has 0 saturated heterocycles. The zero-order valence-electron chi connectivity index (χ0n) is 15.7. The summed E-state index contributed by atoms with van der Waals surface area (Å²) in [6.07, 6.45) is 7.82. The normalized spacial score (nSPS) is 23.2. The summed E-state index contributed by atoms with van der Waals surface area (Å²) in [5, 5.41) is 9.95. The number of anilines is 1. The number of hydrogen-bond acceptors (Lipinski definition) is 6. The van der Waals surface area contributed by atoms with Crippen molar-refractivity contribution in [2.45, 2.75) is 51.2 Å². The molecule has 1 amide bonds. The van der Waals surface area contributed by atoms with Gasteiger partial charge in [-0.05, 0) is 37.9 Å². The van der Waals surface area contributed by atoms with E-state index in [1.54, 1.807) is 13.3 Å². The largest absolute Gasteiger partial charge is 0.404 e. The highest BCUT2D eigenvalue weighted by Crippen LogP contribution is 2.32. The first-order valence-electron chi connectivity index (χ1n) is 9.20. The van der Waals surface area contributed by atoms with Gasteiger partial charge in [-0.15, -0.1) is 0 Å². The van der Waals surface area contributed by atoms with E-state index in [9.17, 15) is 4.79 Å². The van der Waals surface area contributed by atoms with E-state index in [0.29, 0.717) is 35.5 Å². The predicted molar refractivity (Wildman–Crippen MR) is 105 cm³/mol. The summed E-state index contributed by atoms with van der Waals surface area (Å²) in [4.78, 5) is 21.2. The number of fused-ring (bicyclic) bond motifs is 1. The lowest BCUT2D eigenvalue weighted by atomic mass is 9.90. The van der Waals surface area contributed by atoms with Crippen molar-refractivity contribution in [3.05, 3.63) is 28.6 Å². The van der Waals surface area contributed by atoms with Gasteiger partial charge in [-0.2, -0.15) is 0 Å². The molecular weight excluding hydrogens is 328 g/mol. The van der Waals surface area contributed by atoms with Crippen molar-refractivity contribution in [1.29, 1.82) is 0 Å². The van der Waals surface area contributed by atoms with E-state index in [-0.39, 0.29) is 5.91 Å². The van der Waals surface area contributed by atoms with Gasteiger partial charge >= 0.3 is 0 Å². The van der Waals surface area contributed by atoms with Crippen LogP contribution in [-0.4, -0.2) is 43.3 Å². The van der Waals surface area contributed by atoms with Crippen LogP contribution in [0.3, 0.4) is 0 Å². The molecule has 3 rings (SSSR count). The van der Waals surface area contributed by atoms with Crippen LogP contribution in [0.1, 0.15) is 52.9 Å². The average molecular weight is 356 g/mol. The molecule has 1 aliphatic heterocycles. The predicted octanol–water partition coefficient (Wildman–Crippen LogP) is 1.58. The first-order chi connectivity index (χ1) is 12.6. The number of pyridine rings is 1. The lowest BCUT2D eigenvalue weighted by Gasteiger charge is -2.33. The molecule has 1 aliphatic carbocycles. The summed E-state index contributed by atoms with van der Waals surface area (Å²) in [7, 11) is 3.69. The van der Waals surface area contributed by atoms with Gasteiger partial charge in [0.15, 0.2) is 0 Å². The van der Waals surface area contributed by atoms with E-state index in [1.807, 2.05) is 14.0 Å². The maximum absolute atomic E-state index is 12.4. The summed E-state index contributed by atoms with van der Waals surface area (Å²) >= 11 is 0. The Morgan fingerprint density at radius 1 is 1.35 bits per heavy atom. The maximum Gasteiger partial charge on any atom is 0.254 e. The number of amides is 1. The van der Waals surface area contributed by atoms with Gasteiger partial charge < -0.3 is 21.7 Å². The lowest BCUT2D eigenvalue weighted by molar-refractivity contribution is 0.0965. The average Bonchev–Trinajstić information content (AvgIpc) is 3.05. The number of aromatic nitrogens is 1. The minimum absolute atomic E-state index is 0.105. The van der Waals surface area contributed by atoms with Crippen LogP contribution in [0.2, 0.25) is 0 Å². The summed E-state index contributed by atoms with van der Waals surface area (Å²) in [5.74, 6) is 0.720. The number of likely N-dealkylation sites (N-methyl/N-ethyl adjacent to an activating group) is 1. The minimum Gasteiger partial charge on any atom is -0.404 e. The first-order valence-corrected chi connectivity index (χ1v) is 9.20. The van der Waals surface area contributed by atoms with E-state index in [0.717, 1.165) is 29.8 Å². The summed E-state index contributed by atoms with van der Waals surface area (Å²) in [6, 6.07) is 0.740. The number of nitrogens with zero attached hydrogens (tertiary/aromatic N) is 2. The van der Waals surface area contributed by atoms with Crippen LogP contribution in [0.5, 0.6) is 0 Å². The molecule has 7 nitrogen and oxygen atoms in total. The van der Waals surface area contributed by atoms with Crippen molar-refractivity contribution in [3.8, 4) is 0 Å². The fourth-order valence-electron chi connectivity index (χ4n) is 3.94. The highest BCUT2D eigenvalue weighted by Gasteiger charge is 2.30. The second-order valence-corrected chi connectivity index (χ2v) is 6.91. The SMILES string of the molecule is CN=CC(=CN)c1nc(NC2CCCCC2NC)c(C)c2c1C(=O)NC2. The Labute approximate surface area is 154 Å². The van der Waals surface area contributed by atoms with Crippen LogP contribution in [0, 0.1) is 6.92 Å². The van der Waals surface area contributed by atoms with Gasteiger partial charge in [0.2, 0.25) is 0 Å². The summed E-state index contributed by atoms with van der Waals surface area (Å²) in [5.41, 5.74) is 9.65. The number of hydrogen-bond donors (Lipinski definition) is 4. The number of nitrogens with two attached hydrogens (primary N) is 1. The topological polar surface area (TPSA) is 104 Å². The third-order valence-corrected chi connectivity index (χ3v) is 5.40. The van der Waals surface area contributed by atoms with Crippen molar-refractivity contribution < 1.29 is 4.79 Å². The Morgan fingerprint density at radius 3 is 2.73 bits per heavy atom. The quantitative estimate of drug-likeness (QED) is 0.600. The zero-order valence-corrected chi connectivity index (χ0v) is 15.7. The van der Waals surface area contributed by atoms with Crippen LogP contribution in [0.25, 0.3) is 5.57 Å². The minimum atomic E-state index is -0.105. The van der Waals surface area contributed by atoms with Crippen LogP contribution in [0.4, 0.5) is 5.82 Å². The number of nitrogens with one attached hydrogen (secondary N) is 3. The Balaban J connectivity index is 2.05. The zero-order chi connectivity index (χ0) is 18.7. The Morgan fingerprint density at radius 2 is 2.08 bits per heavy atom. The molecule has 140 valence electrons. The molecule has 5 N–H and O–H groups in total. The molecule has 2 heterocycles. The number of rotatable bonds is 5. The van der Waals surface area contributed by atoms with E-state index in [2.05, 4.69) is 20.9 Å². The van der Waals surface area contributed by atoms with Crippen molar-refractivity contribution in [2.24, 2.45) is 10.7 Å². The highest BCUT2D eigenvalue weighted by atomic mass is 16.1. The van der Waals surface area contributed by atoms with E-state index >= 15 is 0 Å². The van der Waals surface area contributed by atoms with Gasteiger partial charge in [0.05, 0.1) is 11.3 Å². The standard InChI is InChI=1S/C19H28N6O/c1-11-13-10-23-19(26)16(13)17(12(8-20)9-21-2)25-18(11)24-15-7-5-4-6-14(15)22-3/h8-9,14-15,22H,4-7,10,20H2,1-3H3,(H,23,26)(H,24,25). The van der Waals surface area contributed by atoms with Gasteiger partial charge in [0.1, 0.15) is 5.82 Å². The molecule has 1 fully saturated rings. The van der Waals surface area contributed by atoms with Crippen LogP contribution in [0.15, 0.2) is 11.2 Å². The van der Waals surface area contributed by atoms with Gasteiger partial charge in [-0.1, -0.05) is 12.8 Å². The Bertz CT molecular complexity index is 755. The fraction of sp³-hybridized carbons (Fsp3) is 0.526. The van der Waals surface area contributed by atoms with Crippen molar-refractivity contribution in [3.63, 3.8) is 0 Å². The van der Waals surface area contributed by atoms with Gasteiger partial charge in [0, 0.05) is 43.7 Å². The van der Waals surface area contributed by atoms with Crippen molar-refractivity contribution in [1.82, 2.24) is 15.6 Å².